The SMILES string of the molecule is CC(C)c1cc(C(C)C)c(-c2cc(-c3ccccc3)c3nc(-c4ccccc4N=Cc4cc(C(C)(C)C)ccc4O)oc3c2)c(C(C)C)c1. The van der Waals surface area contributed by atoms with Gasteiger partial charge in [-0.2, -0.15) is 0 Å². The molecule has 1 aromatic heterocycles. The third kappa shape index (κ3) is 6.96. The van der Waals surface area contributed by atoms with E-state index in [4.69, 9.17) is 14.4 Å². The topological polar surface area (TPSA) is 58.6 Å². The van der Waals surface area contributed by atoms with Gasteiger partial charge >= 0.3 is 0 Å². The normalized spacial score (nSPS) is 12.3. The minimum atomic E-state index is -0.0515. The van der Waals surface area contributed by atoms with Crippen LogP contribution in [0.2, 0.25) is 0 Å². The molecule has 0 aliphatic carbocycles. The molecular formula is C45H48N2O2. The molecule has 0 radical (unpaired) electrons. The maximum atomic E-state index is 10.6. The first-order chi connectivity index (χ1) is 23.3. The second kappa shape index (κ2) is 13.5. The summed E-state index contributed by atoms with van der Waals surface area (Å²) in [5.74, 6) is 1.84. The Labute approximate surface area is 291 Å². The zero-order valence-corrected chi connectivity index (χ0v) is 30.3. The summed E-state index contributed by atoms with van der Waals surface area (Å²) in [5.41, 5.74) is 13.4. The van der Waals surface area contributed by atoms with Gasteiger partial charge in [0.1, 0.15) is 11.3 Å². The molecule has 1 N–H and O–H groups in total. The van der Waals surface area contributed by atoms with Gasteiger partial charge in [-0.3, -0.25) is 4.99 Å². The van der Waals surface area contributed by atoms with Gasteiger partial charge in [0.25, 0.3) is 0 Å². The lowest BCUT2D eigenvalue weighted by molar-refractivity contribution is 0.473. The Bertz CT molecular complexity index is 2110. The molecule has 0 amide bonds. The fraction of sp³-hybridized carbons (Fsp3) is 0.289. The Kier molecular flexibility index (Phi) is 9.35. The molecule has 5 aromatic carbocycles. The van der Waals surface area contributed by atoms with E-state index in [0.717, 1.165) is 38.9 Å². The van der Waals surface area contributed by atoms with E-state index in [2.05, 4.69) is 111 Å². The van der Waals surface area contributed by atoms with E-state index in [0.29, 0.717) is 34.9 Å². The highest BCUT2D eigenvalue weighted by Gasteiger charge is 2.23. The quantitative estimate of drug-likeness (QED) is 0.167. The van der Waals surface area contributed by atoms with Gasteiger partial charge < -0.3 is 9.52 Å². The summed E-state index contributed by atoms with van der Waals surface area (Å²) in [6, 6.07) is 33.3. The Morgan fingerprint density at radius 1 is 0.694 bits per heavy atom. The van der Waals surface area contributed by atoms with E-state index in [1.807, 2.05) is 42.5 Å². The number of fused-ring (bicyclic) bond motifs is 1. The van der Waals surface area contributed by atoms with Crippen LogP contribution in [0.4, 0.5) is 5.69 Å². The van der Waals surface area contributed by atoms with Gasteiger partial charge in [0.15, 0.2) is 5.58 Å². The molecule has 0 aliphatic heterocycles. The van der Waals surface area contributed by atoms with Crippen LogP contribution in [0, 0.1) is 0 Å². The van der Waals surface area contributed by atoms with Crippen LogP contribution in [-0.4, -0.2) is 16.3 Å². The number of benzene rings is 5. The van der Waals surface area contributed by atoms with Gasteiger partial charge in [-0.1, -0.05) is 123 Å². The highest BCUT2D eigenvalue weighted by molar-refractivity contribution is 5.97. The lowest BCUT2D eigenvalue weighted by Crippen LogP contribution is -2.11. The number of aromatic hydroxyl groups is 1. The van der Waals surface area contributed by atoms with Crippen molar-refractivity contribution >= 4 is 23.0 Å². The van der Waals surface area contributed by atoms with Crippen LogP contribution in [-0.2, 0) is 5.41 Å². The van der Waals surface area contributed by atoms with E-state index in [1.54, 1.807) is 12.3 Å². The van der Waals surface area contributed by atoms with Gasteiger partial charge in [0.05, 0.1) is 11.3 Å². The van der Waals surface area contributed by atoms with Crippen molar-refractivity contribution in [2.24, 2.45) is 4.99 Å². The fourth-order valence-corrected chi connectivity index (χ4v) is 6.45. The maximum absolute atomic E-state index is 10.6. The number of rotatable bonds is 8. The third-order valence-electron chi connectivity index (χ3n) is 9.37. The monoisotopic (exact) mass is 648 g/mol. The van der Waals surface area contributed by atoms with Gasteiger partial charge in [0, 0.05) is 17.3 Å². The second-order valence-corrected chi connectivity index (χ2v) is 15.1. The molecular weight excluding hydrogens is 601 g/mol. The number of hydrogen-bond acceptors (Lipinski definition) is 4. The number of para-hydroxylation sites is 1. The molecule has 0 spiro atoms. The minimum Gasteiger partial charge on any atom is -0.507 e. The summed E-state index contributed by atoms with van der Waals surface area (Å²) in [4.78, 5) is 9.99. The largest absolute Gasteiger partial charge is 0.507 e. The average Bonchev–Trinajstić information content (AvgIpc) is 3.51. The smallest absolute Gasteiger partial charge is 0.229 e. The Balaban J connectivity index is 1.54. The molecule has 250 valence electrons. The second-order valence-electron chi connectivity index (χ2n) is 15.1. The maximum Gasteiger partial charge on any atom is 0.229 e. The highest BCUT2D eigenvalue weighted by atomic mass is 16.3. The summed E-state index contributed by atoms with van der Waals surface area (Å²) in [5, 5.41) is 10.6. The average molecular weight is 649 g/mol. The highest BCUT2D eigenvalue weighted by Crippen LogP contribution is 2.43. The van der Waals surface area contributed by atoms with Crippen molar-refractivity contribution in [3.05, 3.63) is 125 Å². The number of nitrogens with zero attached hydrogens (tertiary/aromatic N) is 2. The summed E-state index contributed by atoms with van der Waals surface area (Å²) < 4.78 is 6.69. The Morgan fingerprint density at radius 3 is 1.98 bits per heavy atom. The molecule has 0 saturated heterocycles. The Hall–Kier alpha value is -4.96. The van der Waals surface area contributed by atoms with Crippen molar-refractivity contribution in [3.8, 4) is 39.5 Å². The van der Waals surface area contributed by atoms with Crippen LogP contribution in [0.1, 0.15) is 108 Å². The molecule has 0 aliphatic rings. The number of oxazole rings is 1. The van der Waals surface area contributed by atoms with E-state index in [1.165, 1.54) is 22.3 Å². The molecule has 4 nitrogen and oxygen atoms in total. The predicted octanol–water partition coefficient (Wildman–Crippen LogP) is 13.0. The van der Waals surface area contributed by atoms with E-state index in [-0.39, 0.29) is 11.2 Å². The van der Waals surface area contributed by atoms with Gasteiger partial charge in [-0.15, -0.1) is 0 Å². The molecule has 6 aromatic rings. The molecule has 0 atom stereocenters. The molecule has 0 bridgehead atoms. The molecule has 4 heteroatoms. The van der Waals surface area contributed by atoms with Crippen LogP contribution in [0.15, 0.2) is 106 Å². The first-order valence-electron chi connectivity index (χ1n) is 17.5. The lowest BCUT2D eigenvalue weighted by atomic mass is 9.81. The van der Waals surface area contributed by atoms with Gasteiger partial charge in [-0.25, -0.2) is 4.98 Å². The van der Waals surface area contributed by atoms with Crippen LogP contribution >= 0.6 is 0 Å². The number of aliphatic imine (C=N–C) groups is 1. The molecule has 0 saturated carbocycles. The van der Waals surface area contributed by atoms with Crippen molar-refractivity contribution in [1.29, 1.82) is 0 Å². The summed E-state index contributed by atoms with van der Waals surface area (Å²) in [7, 11) is 0. The van der Waals surface area contributed by atoms with Crippen LogP contribution < -0.4 is 0 Å². The zero-order chi connectivity index (χ0) is 35.0. The molecule has 6 rings (SSSR count). The zero-order valence-electron chi connectivity index (χ0n) is 30.3. The summed E-state index contributed by atoms with van der Waals surface area (Å²) in [6.07, 6.45) is 1.72. The van der Waals surface area contributed by atoms with Crippen molar-refractivity contribution < 1.29 is 9.52 Å². The third-order valence-corrected chi connectivity index (χ3v) is 9.37. The number of aromatic nitrogens is 1. The van der Waals surface area contributed by atoms with E-state index in [9.17, 15) is 5.11 Å². The van der Waals surface area contributed by atoms with Crippen molar-refractivity contribution in [1.82, 2.24) is 4.98 Å². The Morgan fingerprint density at radius 2 is 1.35 bits per heavy atom. The van der Waals surface area contributed by atoms with Gasteiger partial charge in [0.2, 0.25) is 5.89 Å². The van der Waals surface area contributed by atoms with Crippen molar-refractivity contribution in [2.75, 3.05) is 0 Å². The fourth-order valence-electron chi connectivity index (χ4n) is 6.45. The summed E-state index contributed by atoms with van der Waals surface area (Å²) >= 11 is 0. The van der Waals surface area contributed by atoms with Crippen molar-refractivity contribution in [3.63, 3.8) is 0 Å². The van der Waals surface area contributed by atoms with Crippen LogP contribution in [0.5, 0.6) is 5.75 Å². The first kappa shape index (κ1) is 33.9. The lowest BCUT2D eigenvalue weighted by Gasteiger charge is -2.23. The first-order valence-corrected chi connectivity index (χ1v) is 17.5. The molecule has 49 heavy (non-hydrogen) atoms. The van der Waals surface area contributed by atoms with Crippen LogP contribution in [0.25, 0.3) is 44.8 Å². The number of phenols is 1. The predicted molar refractivity (Wildman–Crippen MR) is 207 cm³/mol. The number of phenolic OH excluding ortho intramolecular Hbond substituents is 1. The minimum absolute atomic E-state index is 0.0515. The van der Waals surface area contributed by atoms with Crippen molar-refractivity contribution in [2.45, 2.75) is 85.5 Å². The molecule has 0 unspecified atom stereocenters. The van der Waals surface area contributed by atoms with Crippen LogP contribution in [0.3, 0.4) is 0 Å². The van der Waals surface area contributed by atoms with Gasteiger partial charge in [-0.05, 0) is 98.5 Å². The molecule has 0 fully saturated rings. The van der Waals surface area contributed by atoms with E-state index < -0.39 is 0 Å². The standard InChI is InChI=1S/C45H48N2O2/c1-27(2)31-22-36(28(3)4)42(37(23-31)29(5)6)32-24-38(30-15-11-10-12-16-30)43-41(25-32)49-44(47-43)35-17-13-14-18-39(35)46-26-33-21-34(45(7,8)9)19-20-40(33)48/h10-29,48H,1-9H3. The molecule has 1 heterocycles. The summed E-state index contributed by atoms with van der Waals surface area (Å²) in [6.45, 7) is 20.2. The number of hydrogen-bond donors (Lipinski definition) is 1. The van der Waals surface area contributed by atoms with E-state index >= 15 is 0 Å².